The summed E-state index contributed by atoms with van der Waals surface area (Å²) in [6.45, 7) is 4.60. The van der Waals surface area contributed by atoms with E-state index in [1.807, 2.05) is 22.6 Å². The van der Waals surface area contributed by atoms with Crippen LogP contribution in [0.2, 0.25) is 5.02 Å². The molecule has 0 fully saturated rings. The molecule has 5 nitrogen and oxygen atoms in total. The molecule has 0 aliphatic rings. The van der Waals surface area contributed by atoms with Crippen LogP contribution in [0.4, 0.5) is 0 Å². The molecule has 1 aromatic rings. The Bertz CT molecular complexity index is 473. The highest BCUT2D eigenvalue weighted by Crippen LogP contribution is 2.39. The molecule has 21 heavy (non-hydrogen) atoms. The summed E-state index contributed by atoms with van der Waals surface area (Å²) >= 11 is 8.20. The van der Waals surface area contributed by atoms with Crippen molar-refractivity contribution in [2.24, 2.45) is 0 Å². The van der Waals surface area contributed by atoms with Gasteiger partial charge in [-0.15, -0.1) is 6.58 Å². The largest absolute Gasteiger partial charge is 0.496 e. The summed E-state index contributed by atoms with van der Waals surface area (Å²) in [7, 11) is 3.06. The van der Waals surface area contributed by atoms with Gasteiger partial charge in [0.1, 0.15) is 28.4 Å². The third-order valence-electron chi connectivity index (χ3n) is 2.62. The number of methoxy groups -OCH3 is 2. The van der Waals surface area contributed by atoms with Crippen molar-refractivity contribution >= 4 is 34.2 Å². The lowest BCUT2D eigenvalue weighted by Gasteiger charge is -2.21. The highest BCUT2D eigenvalue weighted by atomic mass is 127. The molecule has 0 aliphatic heterocycles. The maximum Gasteiger partial charge on any atom is 0.176 e. The second-order valence-corrected chi connectivity index (χ2v) is 5.73. The third kappa shape index (κ3) is 5.54. The highest BCUT2D eigenvalue weighted by molar-refractivity contribution is 14.1. The van der Waals surface area contributed by atoms with Gasteiger partial charge in [0.15, 0.2) is 4.11 Å². The van der Waals surface area contributed by atoms with Crippen molar-refractivity contribution in [3.05, 3.63) is 29.8 Å². The topological polar surface area (TPSA) is 60.0 Å². The predicted octanol–water partition coefficient (Wildman–Crippen LogP) is 2.63. The molecular weight excluding hydrogens is 409 g/mol. The van der Waals surface area contributed by atoms with Crippen molar-refractivity contribution in [3.63, 3.8) is 0 Å². The van der Waals surface area contributed by atoms with Gasteiger partial charge in [-0.25, -0.2) is 0 Å². The third-order valence-corrected chi connectivity index (χ3v) is 4.08. The lowest BCUT2D eigenvalue weighted by molar-refractivity contribution is 0.0959. The van der Waals surface area contributed by atoms with E-state index in [1.165, 1.54) is 7.11 Å². The molecule has 0 heterocycles. The van der Waals surface area contributed by atoms with Gasteiger partial charge in [-0.05, 0) is 22.6 Å². The molecular formula is C14H19ClINO4. The fourth-order valence-electron chi connectivity index (χ4n) is 1.53. The molecule has 118 valence electrons. The van der Waals surface area contributed by atoms with Gasteiger partial charge >= 0.3 is 0 Å². The molecule has 0 aliphatic carbocycles. The van der Waals surface area contributed by atoms with E-state index < -0.39 is 10.2 Å². The van der Waals surface area contributed by atoms with E-state index >= 15 is 0 Å². The highest BCUT2D eigenvalue weighted by Gasteiger charge is 2.20. The monoisotopic (exact) mass is 427 g/mol. The van der Waals surface area contributed by atoms with Crippen LogP contribution in [0.15, 0.2) is 24.8 Å². The first-order chi connectivity index (χ1) is 10.0. The zero-order chi connectivity index (χ0) is 15.8. The number of nitrogens with one attached hydrogen (secondary N) is 1. The first-order valence-corrected chi connectivity index (χ1v) is 7.87. The maximum absolute atomic E-state index is 10.0. The summed E-state index contributed by atoms with van der Waals surface area (Å²) in [6, 6.07) is 3.32. The summed E-state index contributed by atoms with van der Waals surface area (Å²) in [5.74, 6) is 1.41. The summed E-state index contributed by atoms with van der Waals surface area (Å²) in [4.78, 5) is 0. The van der Waals surface area contributed by atoms with E-state index in [1.54, 1.807) is 25.3 Å². The van der Waals surface area contributed by atoms with Gasteiger partial charge in [-0.2, -0.15) is 0 Å². The van der Waals surface area contributed by atoms with Crippen LogP contribution in [-0.4, -0.2) is 42.6 Å². The van der Waals surface area contributed by atoms with Crippen LogP contribution in [0.1, 0.15) is 0 Å². The molecule has 0 saturated heterocycles. The molecule has 1 rings (SSSR count). The van der Waals surface area contributed by atoms with Gasteiger partial charge in [-0.3, -0.25) is 0 Å². The normalized spacial score (nSPS) is 13.4. The average Bonchev–Trinajstić information content (AvgIpc) is 2.49. The van der Waals surface area contributed by atoms with Crippen LogP contribution < -0.4 is 19.5 Å². The minimum Gasteiger partial charge on any atom is -0.496 e. The lowest BCUT2D eigenvalue weighted by Crippen LogP contribution is -2.36. The van der Waals surface area contributed by atoms with Crippen molar-refractivity contribution in [1.29, 1.82) is 0 Å². The van der Waals surface area contributed by atoms with Crippen LogP contribution in [-0.2, 0) is 0 Å². The molecule has 2 N–H and O–H groups in total. The van der Waals surface area contributed by atoms with Crippen molar-refractivity contribution < 1.29 is 19.3 Å². The number of hydrogen-bond acceptors (Lipinski definition) is 5. The summed E-state index contributed by atoms with van der Waals surface area (Å²) < 4.78 is 15.6. The molecule has 2 unspecified atom stereocenters. The molecule has 0 saturated carbocycles. The number of aliphatic hydroxyl groups excluding tert-OH is 1. The molecule has 0 bridgehead atoms. The summed E-state index contributed by atoms with van der Waals surface area (Å²) in [5, 5.41) is 13.4. The molecule has 2 atom stereocenters. The smallest absolute Gasteiger partial charge is 0.176 e. The Labute approximate surface area is 143 Å². The second kappa shape index (κ2) is 9.34. The number of hydrogen-bond donors (Lipinski definition) is 2. The molecule has 0 aromatic heterocycles. The molecule has 0 amide bonds. The van der Waals surface area contributed by atoms with Gasteiger partial charge in [0.25, 0.3) is 0 Å². The van der Waals surface area contributed by atoms with Gasteiger partial charge in [0.05, 0.1) is 14.2 Å². The quantitative estimate of drug-likeness (QED) is 0.275. The first-order valence-electron chi connectivity index (χ1n) is 6.25. The van der Waals surface area contributed by atoms with E-state index in [4.69, 9.17) is 25.8 Å². The van der Waals surface area contributed by atoms with E-state index in [-0.39, 0.29) is 0 Å². The number of aliphatic hydroxyl groups is 1. The Balaban J connectivity index is 2.78. The van der Waals surface area contributed by atoms with E-state index in [9.17, 15) is 5.11 Å². The van der Waals surface area contributed by atoms with Gasteiger partial charge in [-0.1, -0.05) is 17.7 Å². The Morgan fingerprint density at radius 1 is 1.38 bits per heavy atom. The van der Waals surface area contributed by atoms with Crippen LogP contribution >= 0.6 is 34.2 Å². The van der Waals surface area contributed by atoms with E-state index in [2.05, 4.69) is 11.9 Å². The number of ether oxygens (including phenoxy) is 3. The Morgan fingerprint density at radius 2 is 2.05 bits per heavy atom. The van der Waals surface area contributed by atoms with E-state index in [0.29, 0.717) is 35.4 Å². The SMILES string of the molecule is C=CCNCC(O)C(I)Oc1cc(OC)cc(OC)c1Cl. The van der Waals surface area contributed by atoms with E-state index in [0.717, 1.165) is 0 Å². The van der Waals surface area contributed by atoms with Crippen LogP contribution in [0, 0.1) is 0 Å². The fraction of sp³-hybridized carbons (Fsp3) is 0.429. The minimum absolute atomic E-state index is 0.339. The standard InChI is InChI=1S/C14H19ClINO4/c1-4-5-17-8-10(18)14(16)21-12-7-9(19-2)6-11(20-3)13(12)15/h4,6-7,10,14,17-18H,1,5,8H2,2-3H3. The Hall–Kier alpha value is -0.700. The predicted molar refractivity (Wildman–Crippen MR) is 92.1 cm³/mol. The minimum atomic E-state index is -0.696. The Kier molecular flexibility index (Phi) is 8.16. The van der Waals surface area contributed by atoms with Crippen molar-refractivity contribution in [3.8, 4) is 17.2 Å². The van der Waals surface area contributed by atoms with Crippen LogP contribution in [0.25, 0.3) is 0 Å². The van der Waals surface area contributed by atoms with Crippen LogP contribution in [0.3, 0.4) is 0 Å². The van der Waals surface area contributed by atoms with Gasteiger partial charge in [0, 0.05) is 25.2 Å². The average molecular weight is 428 g/mol. The molecule has 0 radical (unpaired) electrons. The molecule has 1 aromatic carbocycles. The summed E-state index contributed by atoms with van der Waals surface area (Å²) in [5.41, 5.74) is 0. The summed E-state index contributed by atoms with van der Waals surface area (Å²) in [6.07, 6.45) is 1.03. The van der Waals surface area contributed by atoms with Crippen molar-refractivity contribution in [2.75, 3.05) is 27.3 Å². The molecule has 0 spiro atoms. The second-order valence-electron chi connectivity index (χ2n) is 4.13. The zero-order valence-electron chi connectivity index (χ0n) is 11.9. The van der Waals surface area contributed by atoms with Crippen LogP contribution in [0.5, 0.6) is 17.2 Å². The Morgan fingerprint density at radius 3 is 2.62 bits per heavy atom. The van der Waals surface area contributed by atoms with Crippen molar-refractivity contribution in [1.82, 2.24) is 5.32 Å². The molecule has 7 heteroatoms. The zero-order valence-corrected chi connectivity index (χ0v) is 14.8. The van der Waals surface area contributed by atoms with Crippen molar-refractivity contribution in [2.45, 2.75) is 10.2 Å². The lowest BCUT2D eigenvalue weighted by atomic mass is 10.3. The van der Waals surface area contributed by atoms with Gasteiger partial charge < -0.3 is 24.6 Å². The number of alkyl halides is 1. The van der Waals surface area contributed by atoms with Gasteiger partial charge in [0.2, 0.25) is 0 Å². The first kappa shape index (κ1) is 18.3. The number of benzene rings is 1. The maximum atomic E-state index is 10.0. The number of halogens is 2. The number of rotatable bonds is 9. The fourth-order valence-corrected chi connectivity index (χ4v) is 2.29.